The number of hydrogen-bond acceptors (Lipinski definition) is 7. The number of anilines is 2. The zero-order chi connectivity index (χ0) is 15.4. The zero-order valence-electron chi connectivity index (χ0n) is 10.9. The molecule has 0 unspecified atom stereocenters. The first-order chi connectivity index (χ1) is 9.95. The average Bonchev–Trinajstić information content (AvgIpc) is 2.44. The lowest BCUT2D eigenvalue weighted by atomic mass is 10.1. The Hall–Kier alpha value is -2.74. The number of hydrazone groups is 1. The SMILES string of the molecule is C/C(=N/Nc1nc(N)cc(Cl)n1)c1cccc([N+](=O)[O-])c1. The number of non-ortho nitro benzene ring substituents is 1. The number of benzene rings is 1. The third kappa shape index (κ3) is 3.86. The molecule has 2 rings (SSSR count). The van der Waals surface area contributed by atoms with E-state index in [1.165, 1.54) is 18.2 Å². The Bertz CT molecular complexity index is 698. The Morgan fingerprint density at radius 1 is 1.43 bits per heavy atom. The smallest absolute Gasteiger partial charge is 0.270 e. The van der Waals surface area contributed by atoms with Gasteiger partial charge in [0.2, 0.25) is 5.95 Å². The molecule has 0 saturated carbocycles. The number of nitro groups is 1. The van der Waals surface area contributed by atoms with Crippen molar-refractivity contribution in [2.24, 2.45) is 5.10 Å². The minimum atomic E-state index is -0.467. The van der Waals surface area contributed by atoms with Gasteiger partial charge in [-0.3, -0.25) is 10.1 Å². The maximum atomic E-state index is 10.7. The van der Waals surface area contributed by atoms with Crippen LogP contribution < -0.4 is 11.2 Å². The summed E-state index contributed by atoms with van der Waals surface area (Å²) in [6.45, 7) is 1.69. The van der Waals surface area contributed by atoms with Crippen LogP contribution in [0.5, 0.6) is 0 Å². The van der Waals surface area contributed by atoms with Gasteiger partial charge in [0.1, 0.15) is 11.0 Å². The normalized spacial score (nSPS) is 11.2. The van der Waals surface area contributed by atoms with Crippen LogP contribution in [0.25, 0.3) is 0 Å². The van der Waals surface area contributed by atoms with Crippen LogP contribution in [0.1, 0.15) is 12.5 Å². The number of hydrogen-bond donors (Lipinski definition) is 2. The lowest BCUT2D eigenvalue weighted by Gasteiger charge is -2.03. The molecule has 1 aromatic carbocycles. The fourth-order valence-corrected chi connectivity index (χ4v) is 1.72. The van der Waals surface area contributed by atoms with Gasteiger partial charge in [-0.15, -0.1) is 0 Å². The predicted molar refractivity (Wildman–Crippen MR) is 80.4 cm³/mol. The first-order valence-corrected chi connectivity index (χ1v) is 6.18. The number of nitro benzene ring substituents is 1. The van der Waals surface area contributed by atoms with Gasteiger partial charge in [0.25, 0.3) is 5.69 Å². The van der Waals surface area contributed by atoms with Crippen molar-refractivity contribution in [2.45, 2.75) is 6.92 Å². The quantitative estimate of drug-likeness (QED) is 0.387. The van der Waals surface area contributed by atoms with Crippen molar-refractivity contribution >= 4 is 34.8 Å². The second kappa shape index (κ2) is 6.14. The van der Waals surface area contributed by atoms with Gasteiger partial charge in [0.15, 0.2) is 0 Å². The van der Waals surface area contributed by atoms with E-state index >= 15 is 0 Å². The summed E-state index contributed by atoms with van der Waals surface area (Å²) in [5.74, 6) is 0.352. The Labute approximate surface area is 124 Å². The van der Waals surface area contributed by atoms with Crippen molar-refractivity contribution in [3.8, 4) is 0 Å². The summed E-state index contributed by atoms with van der Waals surface area (Å²) < 4.78 is 0. The van der Waals surface area contributed by atoms with E-state index in [9.17, 15) is 10.1 Å². The van der Waals surface area contributed by atoms with Gasteiger partial charge in [0.05, 0.1) is 10.6 Å². The van der Waals surface area contributed by atoms with Gasteiger partial charge in [-0.25, -0.2) is 5.43 Å². The summed E-state index contributed by atoms with van der Waals surface area (Å²) in [4.78, 5) is 18.1. The molecule has 1 aromatic heterocycles. The monoisotopic (exact) mass is 306 g/mol. The fraction of sp³-hybridized carbons (Fsp3) is 0.0833. The molecule has 8 nitrogen and oxygen atoms in total. The molecular formula is C12H11ClN6O2. The Morgan fingerprint density at radius 3 is 2.86 bits per heavy atom. The molecule has 0 bridgehead atoms. The van der Waals surface area contributed by atoms with Gasteiger partial charge in [-0.2, -0.15) is 15.1 Å². The van der Waals surface area contributed by atoms with Crippen LogP contribution in [-0.4, -0.2) is 20.6 Å². The summed E-state index contributed by atoms with van der Waals surface area (Å²) in [7, 11) is 0. The minimum absolute atomic E-state index is 0.00898. The van der Waals surface area contributed by atoms with Gasteiger partial charge < -0.3 is 5.73 Å². The van der Waals surface area contributed by atoms with E-state index in [-0.39, 0.29) is 22.6 Å². The van der Waals surface area contributed by atoms with E-state index in [1.54, 1.807) is 19.1 Å². The second-order valence-electron chi connectivity index (χ2n) is 4.06. The lowest BCUT2D eigenvalue weighted by Crippen LogP contribution is -2.04. The number of nitrogens with zero attached hydrogens (tertiary/aromatic N) is 4. The summed E-state index contributed by atoms with van der Waals surface area (Å²) in [5.41, 5.74) is 9.26. The molecule has 0 spiro atoms. The molecule has 0 saturated heterocycles. The van der Waals surface area contributed by atoms with Crippen molar-refractivity contribution < 1.29 is 4.92 Å². The number of nitrogens with one attached hydrogen (secondary N) is 1. The molecule has 2 aromatic rings. The molecule has 21 heavy (non-hydrogen) atoms. The number of nitrogen functional groups attached to an aromatic ring is 1. The molecule has 0 amide bonds. The molecule has 3 N–H and O–H groups in total. The van der Waals surface area contributed by atoms with Crippen LogP contribution in [-0.2, 0) is 0 Å². The first kappa shape index (κ1) is 14.7. The highest BCUT2D eigenvalue weighted by Crippen LogP contribution is 2.15. The average molecular weight is 307 g/mol. The molecule has 0 aliphatic carbocycles. The highest BCUT2D eigenvalue weighted by molar-refractivity contribution is 6.29. The van der Waals surface area contributed by atoms with Crippen LogP contribution in [0.4, 0.5) is 17.5 Å². The van der Waals surface area contributed by atoms with E-state index in [0.717, 1.165) is 0 Å². The van der Waals surface area contributed by atoms with E-state index in [0.29, 0.717) is 11.3 Å². The van der Waals surface area contributed by atoms with E-state index in [4.69, 9.17) is 17.3 Å². The molecule has 9 heteroatoms. The maximum Gasteiger partial charge on any atom is 0.270 e. The molecule has 0 aliphatic heterocycles. The molecule has 0 atom stereocenters. The van der Waals surface area contributed by atoms with Gasteiger partial charge in [-0.1, -0.05) is 23.7 Å². The lowest BCUT2D eigenvalue weighted by molar-refractivity contribution is -0.384. The van der Waals surface area contributed by atoms with E-state index < -0.39 is 4.92 Å². The summed E-state index contributed by atoms with van der Waals surface area (Å²) in [6.07, 6.45) is 0. The van der Waals surface area contributed by atoms with Crippen molar-refractivity contribution in [1.82, 2.24) is 9.97 Å². The minimum Gasteiger partial charge on any atom is -0.383 e. The van der Waals surface area contributed by atoms with Gasteiger partial charge in [0, 0.05) is 23.8 Å². The van der Waals surface area contributed by atoms with Crippen LogP contribution in [0.15, 0.2) is 35.4 Å². The van der Waals surface area contributed by atoms with Crippen LogP contribution >= 0.6 is 11.6 Å². The highest BCUT2D eigenvalue weighted by Gasteiger charge is 2.07. The van der Waals surface area contributed by atoms with Gasteiger partial charge >= 0.3 is 0 Å². The molecular weight excluding hydrogens is 296 g/mol. The largest absolute Gasteiger partial charge is 0.383 e. The van der Waals surface area contributed by atoms with Crippen molar-refractivity contribution in [3.05, 3.63) is 51.2 Å². The van der Waals surface area contributed by atoms with E-state index in [2.05, 4.69) is 20.5 Å². The number of halogens is 1. The number of nitrogens with two attached hydrogens (primary N) is 1. The second-order valence-corrected chi connectivity index (χ2v) is 4.44. The summed E-state index contributed by atoms with van der Waals surface area (Å²) in [6, 6.07) is 7.53. The molecule has 108 valence electrons. The van der Waals surface area contributed by atoms with Crippen LogP contribution in [0.3, 0.4) is 0 Å². The fourth-order valence-electron chi connectivity index (χ4n) is 1.53. The van der Waals surface area contributed by atoms with Crippen molar-refractivity contribution in [2.75, 3.05) is 11.2 Å². The number of aromatic nitrogens is 2. The van der Waals surface area contributed by atoms with Crippen molar-refractivity contribution in [1.29, 1.82) is 0 Å². The topological polar surface area (TPSA) is 119 Å². The Balaban J connectivity index is 2.21. The molecule has 1 heterocycles. The zero-order valence-corrected chi connectivity index (χ0v) is 11.7. The molecule has 0 fully saturated rings. The Morgan fingerprint density at radius 2 is 2.19 bits per heavy atom. The van der Waals surface area contributed by atoms with E-state index in [1.807, 2.05) is 0 Å². The summed E-state index contributed by atoms with van der Waals surface area (Å²) in [5, 5.41) is 15.0. The molecule has 0 aliphatic rings. The molecule has 0 radical (unpaired) electrons. The van der Waals surface area contributed by atoms with Crippen molar-refractivity contribution in [3.63, 3.8) is 0 Å². The third-order valence-electron chi connectivity index (χ3n) is 2.51. The summed E-state index contributed by atoms with van der Waals surface area (Å²) >= 11 is 5.74. The van der Waals surface area contributed by atoms with Crippen LogP contribution in [0.2, 0.25) is 5.15 Å². The highest BCUT2D eigenvalue weighted by atomic mass is 35.5. The maximum absolute atomic E-state index is 10.7. The number of rotatable bonds is 4. The van der Waals surface area contributed by atoms with Crippen LogP contribution in [0, 0.1) is 10.1 Å². The predicted octanol–water partition coefficient (Wildman–Crippen LogP) is 2.46. The first-order valence-electron chi connectivity index (χ1n) is 5.81. The standard InChI is InChI=1S/C12H11ClN6O2/c1-7(8-3-2-4-9(5-8)19(20)21)17-18-12-15-10(13)6-11(14)16-12/h2-6H,1H3,(H3,14,15,16,18)/b17-7-. The third-order valence-corrected chi connectivity index (χ3v) is 2.71. The Kier molecular flexibility index (Phi) is 4.29. The van der Waals surface area contributed by atoms with Gasteiger partial charge in [-0.05, 0) is 6.92 Å².